The maximum Gasteiger partial charge on any atom is 0.573 e. The van der Waals surface area contributed by atoms with E-state index in [1.807, 2.05) is 36.4 Å². The van der Waals surface area contributed by atoms with Crippen molar-refractivity contribution in [3.8, 4) is 23.0 Å². The number of alkyl halides is 3. The molecule has 7 heteroatoms. The smallest absolute Gasteiger partial charge is 0.438 e. The third kappa shape index (κ3) is 4.76. The minimum Gasteiger partial charge on any atom is -0.438 e. The van der Waals surface area contributed by atoms with Gasteiger partial charge in [-0.05, 0) is 67.6 Å². The van der Waals surface area contributed by atoms with Gasteiger partial charge in [-0.1, -0.05) is 42.3 Å². The van der Waals surface area contributed by atoms with Crippen LogP contribution < -0.4 is 4.74 Å². The molecule has 4 aromatic carbocycles. The van der Waals surface area contributed by atoms with Crippen LogP contribution in [0.3, 0.4) is 0 Å². The molecule has 0 saturated heterocycles. The Kier molecular flexibility index (Phi) is 6.14. The first kappa shape index (κ1) is 24.4. The Balaban J connectivity index is 1.41. The number of hydrogen-bond donors (Lipinski definition) is 0. The van der Waals surface area contributed by atoms with Crippen molar-refractivity contribution in [3.63, 3.8) is 0 Å². The number of halogens is 3. The van der Waals surface area contributed by atoms with Gasteiger partial charge in [0.2, 0.25) is 0 Å². The summed E-state index contributed by atoms with van der Waals surface area (Å²) in [4.78, 5) is 14.1. The van der Waals surface area contributed by atoms with E-state index in [0.717, 1.165) is 17.0 Å². The average molecular weight is 518 g/mol. The molecule has 1 heterocycles. The van der Waals surface area contributed by atoms with Crippen LogP contribution in [0.5, 0.6) is 5.75 Å². The van der Waals surface area contributed by atoms with Crippen molar-refractivity contribution < 1.29 is 27.4 Å². The summed E-state index contributed by atoms with van der Waals surface area (Å²) >= 11 is 0. The van der Waals surface area contributed by atoms with Gasteiger partial charge in [0.15, 0.2) is 19.9 Å². The van der Waals surface area contributed by atoms with Crippen molar-refractivity contribution >= 4 is 36.6 Å². The number of rotatable bonds is 5. The van der Waals surface area contributed by atoms with E-state index in [0.29, 0.717) is 11.1 Å². The third-order valence-corrected chi connectivity index (χ3v) is 8.38. The summed E-state index contributed by atoms with van der Waals surface area (Å²) < 4.78 is 49.4. The SMILES string of the molecule is C#CC(C)(OC(=O)c1ccc(-[s+]2c3ccccc3c3ccccc32)cc1)c1ccc(OC(F)(F)F)cc1. The quantitative estimate of drug-likeness (QED) is 0.134. The molecule has 0 N–H and O–H groups in total. The number of esters is 1. The normalized spacial score (nSPS) is 13.2. The first-order valence-corrected chi connectivity index (χ1v) is 12.5. The lowest BCUT2D eigenvalue weighted by Gasteiger charge is -2.24. The minimum atomic E-state index is -4.81. The molecule has 0 aliphatic carbocycles. The molecule has 0 radical (unpaired) electrons. The summed E-state index contributed by atoms with van der Waals surface area (Å²) in [7, 11) is -0.299. The van der Waals surface area contributed by atoms with Crippen LogP contribution in [0.2, 0.25) is 0 Å². The highest BCUT2D eigenvalue weighted by Crippen LogP contribution is 2.48. The maximum absolute atomic E-state index is 13.0. The van der Waals surface area contributed by atoms with E-state index >= 15 is 0 Å². The number of carbonyl (C=O) groups excluding carboxylic acids is 1. The van der Waals surface area contributed by atoms with Gasteiger partial charge >= 0.3 is 12.3 Å². The lowest BCUT2D eigenvalue weighted by Crippen LogP contribution is -2.27. The lowest BCUT2D eigenvalue weighted by atomic mass is 9.96. The second-order valence-electron chi connectivity index (χ2n) is 8.46. The molecule has 0 spiro atoms. The molecular formula is C30H20F3O3S+. The van der Waals surface area contributed by atoms with Gasteiger partial charge in [0.25, 0.3) is 0 Å². The summed E-state index contributed by atoms with van der Waals surface area (Å²) in [6.45, 7) is 1.51. The molecule has 0 amide bonds. The van der Waals surface area contributed by atoms with Gasteiger partial charge in [-0.15, -0.1) is 19.6 Å². The zero-order valence-corrected chi connectivity index (χ0v) is 20.4. The molecule has 1 aromatic heterocycles. The summed E-state index contributed by atoms with van der Waals surface area (Å²) in [5.41, 5.74) is -0.834. The van der Waals surface area contributed by atoms with Crippen LogP contribution in [0.1, 0.15) is 22.8 Å². The highest BCUT2D eigenvalue weighted by molar-refractivity contribution is 7.50. The van der Waals surface area contributed by atoms with Crippen molar-refractivity contribution in [3.05, 3.63) is 108 Å². The van der Waals surface area contributed by atoms with Crippen molar-refractivity contribution in [1.82, 2.24) is 0 Å². The molecule has 1 atom stereocenters. The third-order valence-electron chi connectivity index (χ3n) is 6.04. The van der Waals surface area contributed by atoms with Crippen molar-refractivity contribution in [1.29, 1.82) is 0 Å². The number of thiophene rings is 1. The van der Waals surface area contributed by atoms with Crippen molar-refractivity contribution in [2.24, 2.45) is 0 Å². The monoisotopic (exact) mass is 517 g/mol. The molecule has 0 aliphatic rings. The van der Waals surface area contributed by atoms with Crippen LogP contribution >= 0.6 is 10.5 Å². The van der Waals surface area contributed by atoms with Gasteiger partial charge < -0.3 is 9.47 Å². The Bertz CT molecular complexity index is 1590. The lowest BCUT2D eigenvalue weighted by molar-refractivity contribution is -0.274. The van der Waals surface area contributed by atoms with Gasteiger partial charge in [0, 0.05) is 26.8 Å². The topological polar surface area (TPSA) is 35.5 Å². The molecule has 1 unspecified atom stereocenters. The summed E-state index contributed by atoms with van der Waals surface area (Å²) in [6.07, 6.45) is 0.858. The zero-order chi connectivity index (χ0) is 26.2. The summed E-state index contributed by atoms with van der Waals surface area (Å²) in [6, 6.07) is 28.8. The summed E-state index contributed by atoms with van der Waals surface area (Å²) in [5, 5.41) is 2.42. The predicted molar refractivity (Wildman–Crippen MR) is 140 cm³/mol. The molecule has 0 aliphatic heterocycles. The minimum absolute atomic E-state index is 0.299. The molecule has 0 saturated carbocycles. The Hall–Kier alpha value is -4.28. The van der Waals surface area contributed by atoms with E-state index in [-0.39, 0.29) is 10.5 Å². The molecular weight excluding hydrogens is 497 g/mol. The van der Waals surface area contributed by atoms with E-state index in [1.54, 1.807) is 12.1 Å². The Labute approximate surface area is 214 Å². The van der Waals surface area contributed by atoms with Gasteiger partial charge in [-0.2, -0.15) is 0 Å². The Morgan fingerprint density at radius 3 is 1.86 bits per heavy atom. The van der Waals surface area contributed by atoms with E-state index in [2.05, 4.69) is 34.9 Å². The van der Waals surface area contributed by atoms with E-state index < -0.39 is 23.7 Å². The molecule has 5 rings (SSSR count). The standard InChI is InChI=1S/C30H20F3O3S/c1-3-29(2,21-14-16-22(17-15-21)35-30(31,32)33)36-28(34)20-12-18-23(19-13-20)37-26-10-6-4-8-24(26)25-9-5-7-11-27(25)37/h1,4-19H,2H3/q+1. The molecule has 184 valence electrons. The van der Waals surface area contributed by atoms with E-state index in [9.17, 15) is 18.0 Å². The number of carbonyl (C=O) groups is 1. The second-order valence-corrected chi connectivity index (χ2v) is 10.4. The maximum atomic E-state index is 13.0. The highest BCUT2D eigenvalue weighted by Gasteiger charge is 2.33. The summed E-state index contributed by atoms with van der Waals surface area (Å²) in [5.74, 6) is 1.40. The van der Waals surface area contributed by atoms with Gasteiger partial charge in [-0.3, -0.25) is 0 Å². The van der Waals surface area contributed by atoms with Crippen LogP contribution in [0.4, 0.5) is 13.2 Å². The predicted octanol–water partition coefficient (Wildman–Crippen LogP) is 8.34. The molecule has 37 heavy (non-hydrogen) atoms. The van der Waals surface area contributed by atoms with Crippen LogP contribution in [0, 0.1) is 12.3 Å². The van der Waals surface area contributed by atoms with Crippen LogP contribution in [0.15, 0.2) is 97.1 Å². The fourth-order valence-corrected chi connectivity index (χ4v) is 6.60. The van der Waals surface area contributed by atoms with Crippen molar-refractivity contribution in [2.45, 2.75) is 18.9 Å². The Morgan fingerprint density at radius 2 is 1.35 bits per heavy atom. The second kappa shape index (κ2) is 9.30. The van der Waals surface area contributed by atoms with E-state index in [1.165, 1.54) is 39.2 Å². The first-order chi connectivity index (χ1) is 17.7. The largest absolute Gasteiger partial charge is 0.573 e. The van der Waals surface area contributed by atoms with Crippen LogP contribution in [0.25, 0.3) is 25.1 Å². The number of ether oxygens (including phenoxy) is 2. The van der Waals surface area contributed by atoms with Crippen LogP contribution in [-0.2, 0) is 10.3 Å². The number of benzene rings is 4. The molecule has 5 aromatic rings. The molecule has 0 bridgehead atoms. The average Bonchev–Trinajstić information content (AvgIpc) is 3.22. The molecule has 3 nitrogen and oxygen atoms in total. The zero-order valence-electron chi connectivity index (χ0n) is 19.6. The first-order valence-electron chi connectivity index (χ1n) is 11.3. The van der Waals surface area contributed by atoms with E-state index in [4.69, 9.17) is 11.2 Å². The number of fused-ring (bicyclic) bond motifs is 3. The highest BCUT2D eigenvalue weighted by atomic mass is 32.2. The van der Waals surface area contributed by atoms with Gasteiger partial charge in [0.05, 0.1) is 5.56 Å². The molecule has 0 fully saturated rings. The number of terminal acetylenes is 1. The van der Waals surface area contributed by atoms with Gasteiger partial charge in [0.1, 0.15) is 5.75 Å². The van der Waals surface area contributed by atoms with Crippen molar-refractivity contribution in [2.75, 3.05) is 0 Å². The van der Waals surface area contributed by atoms with Gasteiger partial charge in [-0.25, -0.2) is 4.79 Å². The fourth-order valence-electron chi connectivity index (χ4n) is 4.22. The Morgan fingerprint density at radius 1 is 0.811 bits per heavy atom. The fraction of sp³-hybridized carbons (Fsp3) is 0.100. The number of hydrogen-bond acceptors (Lipinski definition) is 3. The van der Waals surface area contributed by atoms with Crippen LogP contribution in [-0.4, -0.2) is 12.3 Å².